The molecule has 0 spiro atoms. The van der Waals surface area contributed by atoms with Crippen LogP contribution in [0.4, 0.5) is 5.82 Å². The number of anilines is 1. The summed E-state index contributed by atoms with van der Waals surface area (Å²) >= 11 is 0. The fraction of sp³-hybridized carbons (Fsp3) is 0.222. The second-order valence-electron chi connectivity index (χ2n) is 8.15. The Labute approximate surface area is 208 Å². The number of carbonyl (C=O) groups is 2. The molecule has 0 aliphatic heterocycles. The molecule has 4 aromatic rings. The van der Waals surface area contributed by atoms with Crippen LogP contribution in [0.1, 0.15) is 57.4 Å². The van der Waals surface area contributed by atoms with E-state index in [1.165, 1.54) is 7.11 Å². The molecular formula is C27H27N5O4. The van der Waals surface area contributed by atoms with Crippen molar-refractivity contribution in [2.24, 2.45) is 0 Å². The number of rotatable bonds is 9. The summed E-state index contributed by atoms with van der Waals surface area (Å²) in [5.41, 5.74) is 3.45. The summed E-state index contributed by atoms with van der Waals surface area (Å²) in [5.74, 6) is -0.538. The number of carbonyl (C=O) groups excluding carboxylic acids is 1. The molecule has 0 radical (unpaired) electrons. The third-order valence-electron chi connectivity index (χ3n) is 5.70. The number of nitrogens with zero attached hydrogens (tertiary/aromatic N) is 4. The number of aryl methyl sites for hydroxylation is 1. The fourth-order valence-electron chi connectivity index (χ4n) is 3.83. The quantitative estimate of drug-likeness (QED) is 0.252. The SMILES string of the molecule is CCCCNc1c(-c2ccccc2C(=O)O)nc2nc(C=Cc3ccccc3C(=O)OC)c(C)nn12. The molecule has 0 fully saturated rings. The average Bonchev–Trinajstić information content (AvgIpc) is 3.24. The summed E-state index contributed by atoms with van der Waals surface area (Å²) in [6.45, 7) is 4.61. The van der Waals surface area contributed by atoms with E-state index in [0.29, 0.717) is 51.9 Å². The van der Waals surface area contributed by atoms with Crippen molar-refractivity contribution in [3.05, 3.63) is 76.6 Å². The van der Waals surface area contributed by atoms with Gasteiger partial charge in [0.05, 0.1) is 29.6 Å². The van der Waals surface area contributed by atoms with Gasteiger partial charge in [0.2, 0.25) is 0 Å². The van der Waals surface area contributed by atoms with Crippen molar-refractivity contribution >= 4 is 35.7 Å². The first-order chi connectivity index (χ1) is 17.4. The summed E-state index contributed by atoms with van der Waals surface area (Å²) in [4.78, 5) is 33.3. The van der Waals surface area contributed by atoms with E-state index in [-0.39, 0.29) is 5.56 Å². The molecule has 0 saturated heterocycles. The number of ether oxygens (including phenoxy) is 1. The van der Waals surface area contributed by atoms with Crippen LogP contribution in [0.15, 0.2) is 48.5 Å². The van der Waals surface area contributed by atoms with Gasteiger partial charge >= 0.3 is 11.9 Å². The van der Waals surface area contributed by atoms with Crippen LogP contribution in [-0.4, -0.2) is 50.3 Å². The molecule has 0 saturated carbocycles. The highest BCUT2D eigenvalue weighted by molar-refractivity contribution is 5.97. The number of esters is 1. The number of aromatic carboxylic acids is 1. The molecule has 0 bridgehead atoms. The van der Waals surface area contributed by atoms with E-state index in [1.54, 1.807) is 53.1 Å². The minimum atomic E-state index is -1.04. The Morgan fingerprint density at radius 3 is 2.50 bits per heavy atom. The number of unbranched alkanes of at least 4 members (excludes halogenated alkanes) is 1. The topological polar surface area (TPSA) is 119 Å². The van der Waals surface area contributed by atoms with Gasteiger partial charge in [-0.1, -0.05) is 55.8 Å². The summed E-state index contributed by atoms with van der Waals surface area (Å²) in [6, 6.07) is 13.9. The molecule has 2 heterocycles. The number of imidazole rings is 1. The molecule has 0 amide bonds. The standard InChI is InChI=1S/C27H27N5O4/c1-4-5-16-28-24-23(20-12-8-9-13-21(20)25(33)34)30-27-29-22(17(2)31-32(24)27)15-14-18-10-6-7-11-19(18)26(35)36-3/h6-15,28H,4-5,16H2,1-3H3,(H,33,34). The largest absolute Gasteiger partial charge is 0.478 e. The molecule has 0 unspecified atom stereocenters. The maximum atomic E-state index is 12.1. The molecule has 2 N–H and O–H groups in total. The van der Waals surface area contributed by atoms with Gasteiger partial charge in [-0.3, -0.25) is 0 Å². The number of benzene rings is 2. The van der Waals surface area contributed by atoms with Crippen molar-refractivity contribution in [3.63, 3.8) is 0 Å². The average molecular weight is 486 g/mol. The summed E-state index contributed by atoms with van der Waals surface area (Å²) in [7, 11) is 1.34. The van der Waals surface area contributed by atoms with Gasteiger partial charge in [0.25, 0.3) is 5.78 Å². The van der Waals surface area contributed by atoms with Crippen LogP contribution >= 0.6 is 0 Å². The summed E-state index contributed by atoms with van der Waals surface area (Å²) < 4.78 is 6.48. The van der Waals surface area contributed by atoms with Crippen LogP contribution in [0.5, 0.6) is 0 Å². The monoisotopic (exact) mass is 485 g/mol. The van der Waals surface area contributed by atoms with Crippen LogP contribution in [0, 0.1) is 6.92 Å². The molecule has 9 heteroatoms. The van der Waals surface area contributed by atoms with Gasteiger partial charge in [0.1, 0.15) is 5.69 Å². The van der Waals surface area contributed by atoms with E-state index in [9.17, 15) is 14.7 Å². The van der Waals surface area contributed by atoms with E-state index in [1.807, 2.05) is 19.1 Å². The van der Waals surface area contributed by atoms with Crippen LogP contribution < -0.4 is 5.32 Å². The second-order valence-corrected chi connectivity index (χ2v) is 8.15. The van der Waals surface area contributed by atoms with E-state index < -0.39 is 11.9 Å². The maximum absolute atomic E-state index is 12.1. The first-order valence-corrected chi connectivity index (χ1v) is 11.6. The number of aromatic nitrogens is 4. The Morgan fingerprint density at radius 1 is 1.06 bits per heavy atom. The van der Waals surface area contributed by atoms with Crippen LogP contribution in [0.25, 0.3) is 29.2 Å². The third-order valence-corrected chi connectivity index (χ3v) is 5.70. The van der Waals surface area contributed by atoms with Gasteiger partial charge in [-0.2, -0.15) is 9.61 Å². The van der Waals surface area contributed by atoms with Crippen molar-refractivity contribution in [2.45, 2.75) is 26.7 Å². The minimum absolute atomic E-state index is 0.149. The summed E-state index contributed by atoms with van der Waals surface area (Å²) in [5, 5.41) is 17.8. The van der Waals surface area contributed by atoms with Crippen LogP contribution in [0.2, 0.25) is 0 Å². The van der Waals surface area contributed by atoms with Crippen LogP contribution in [-0.2, 0) is 4.74 Å². The molecule has 0 atom stereocenters. The Kier molecular flexibility index (Phi) is 7.39. The van der Waals surface area contributed by atoms with E-state index in [2.05, 4.69) is 17.2 Å². The molecule has 2 aromatic carbocycles. The number of methoxy groups -OCH3 is 1. The lowest BCUT2D eigenvalue weighted by Crippen LogP contribution is -2.09. The van der Waals surface area contributed by atoms with Gasteiger partial charge in [-0.15, -0.1) is 0 Å². The maximum Gasteiger partial charge on any atom is 0.338 e. The van der Waals surface area contributed by atoms with Crippen LogP contribution in [0.3, 0.4) is 0 Å². The molecular weight excluding hydrogens is 458 g/mol. The smallest absolute Gasteiger partial charge is 0.338 e. The Hall–Kier alpha value is -4.53. The van der Waals surface area contributed by atoms with Crippen molar-refractivity contribution in [2.75, 3.05) is 19.0 Å². The lowest BCUT2D eigenvalue weighted by atomic mass is 10.0. The normalized spacial score (nSPS) is 11.2. The van der Waals surface area contributed by atoms with E-state index >= 15 is 0 Å². The summed E-state index contributed by atoms with van der Waals surface area (Å²) in [6.07, 6.45) is 5.48. The number of hydrogen-bond donors (Lipinski definition) is 2. The second kappa shape index (κ2) is 10.8. The third kappa shape index (κ3) is 4.95. The van der Waals surface area contributed by atoms with Crippen molar-refractivity contribution < 1.29 is 19.4 Å². The van der Waals surface area contributed by atoms with Crippen molar-refractivity contribution in [3.8, 4) is 11.3 Å². The number of carboxylic acids is 1. The number of carboxylic acid groups (broad SMARTS) is 1. The predicted molar refractivity (Wildman–Crippen MR) is 138 cm³/mol. The first kappa shape index (κ1) is 24.6. The highest BCUT2D eigenvalue weighted by atomic mass is 16.5. The molecule has 4 rings (SSSR count). The zero-order valence-electron chi connectivity index (χ0n) is 20.4. The highest BCUT2D eigenvalue weighted by Gasteiger charge is 2.21. The molecule has 0 aliphatic carbocycles. The Morgan fingerprint density at radius 2 is 1.78 bits per heavy atom. The molecule has 9 nitrogen and oxygen atoms in total. The van der Waals surface area contributed by atoms with E-state index in [0.717, 1.165) is 12.8 Å². The number of hydrogen-bond acceptors (Lipinski definition) is 7. The molecule has 0 aliphatic rings. The first-order valence-electron chi connectivity index (χ1n) is 11.6. The number of fused-ring (bicyclic) bond motifs is 1. The van der Waals surface area contributed by atoms with Gasteiger partial charge in [-0.25, -0.2) is 19.6 Å². The lowest BCUT2D eigenvalue weighted by Gasteiger charge is -2.09. The number of nitrogens with one attached hydrogen (secondary N) is 1. The lowest BCUT2D eigenvalue weighted by molar-refractivity contribution is 0.0599. The Balaban J connectivity index is 1.82. The minimum Gasteiger partial charge on any atom is -0.478 e. The zero-order chi connectivity index (χ0) is 25.7. The van der Waals surface area contributed by atoms with Gasteiger partial charge in [-0.05, 0) is 37.1 Å². The van der Waals surface area contributed by atoms with Crippen molar-refractivity contribution in [1.29, 1.82) is 0 Å². The van der Waals surface area contributed by atoms with Gasteiger partial charge < -0.3 is 15.2 Å². The predicted octanol–water partition coefficient (Wildman–Crippen LogP) is 4.97. The van der Waals surface area contributed by atoms with Gasteiger partial charge in [0.15, 0.2) is 5.82 Å². The molecule has 2 aromatic heterocycles. The van der Waals surface area contributed by atoms with E-state index in [4.69, 9.17) is 14.8 Å². The zero-order valence-corrected chi connectivity index (χ0v) is 20.4. The highest BCUT2D eigenvalue weighted by Crippen LogP contribution is 2.31. The molecule has 36 heavy (non-hydrogen) atoms. The Bertz CT molecular complexity index is 1460. The van der Waals surface area contributed by atoms with Crippen molar-refractivity contribution in [1.82, 2.24) is 19.6 Å². The fourth-order valence-corrected chi connectivity index (χ4v) is 3.83. The van der Waals surface area contributed by atoms with Gasteiger partial charge in [0, 0.05) is 12.1 Å². The molecule has 184 valence electrons.